The zero-order chi connectivity index (χ0) is 47.9. The minimum atomic E-state index is -0.844. The Balaban J connectivity index is 4.65. The van der Waals surface area contributed by atoms with Crippen LogP contribution in [0.3, 0.4) is 0 Å². The summed E-state index contributed by atoms with van der Waals surface area (Å²) in [4.78, 5) is 37.9. The van der Waals surface area contributed by atoms with Crippen molar-refractivity contribution in [2.45, 2.75) is 187 Å². The number of ether oxygens (including phenoxy) is 3. The minimum absolute atomic E-state index is 0.140. The van der Waals surface area contributed by atoms with E-state index >= 15 is 0 Å². The van der Waals surface area contributed by atoms with Crippen molar-refractivity contribution in [2.75, 3.05) is 13.2 Å². The normalized spacial score (nSPS) is 13.4. The van der Waals surface area contributed by atoms with Gasteiger partial charge in [-0.1, -0.05) is 224 Å². The number of carbonyl (C=O) groups excluding carboxylic acids is 3. The lowest BCUT2D eigenvalue weighted by molar-refractivity contribution is -0.166. The Hall–Kier alpha value is -4.97. The van der Waals surface area contributed by atoms with Gasteiger partial charge in [0, 0.05) is 19.3 Å². The second-order valence-corrected chi connectivity index (χ2v) is 16.1. The highest BCUT2D eigenvalue weighted by Gasteiger charge is 2.19. The van der Waals surface area contributed by atoms with E-state index in [9.17, 15) is 14.4 Å². The van der Waals surface area contributed by atoms with Crippen molar-refractivity contribution in [1.29, 1.82) is 0 Å². The van der Waals surface area contributed by atoms with Crippen LogP contribution in [0.2, 0.25) is 0 Å². The molecule has 0 aliphatic carbocycles. The van der Waals surface area contributed by atoms with Crippen LogP contribution in [0.1, 0.15) is 181 Å². The first-order valence-corrected chi connectivity index (χ1v) is 25.6. The molecule has 0 bridgehead atoms. The second kappa shape index (κ2) is 52.7. The van der Waals surface area contributed by atoms with Crippen molar-refractivity contribution < 1.29 is 28.6 Å². The molecule has 0 saturated heterocycles. The highest BCUT2D eigenvalue weighted by atomic mass is 16.6. The molecule has 66 heavy (non-hydrogen) atoms. The molecule has 0 aromatic carbocycles. The average Bonchev–Trinajstić information content (AvgIpc) is 3.31. The van der Waals surface area contributed by atoms with Gasteiger partial charge in [0.25, 0.3) is 0 Å². The fourth-order valence-corrected chi connectivity index (χ4v) is 6.17. The summed E-state index contributed by atoms with van der Waals surface area (Å²) in [5.74, 6) is -1.10. The molecule has 0 aliphatic rings. The summed E-state index contributed by atoms with van der Waals surface area (Å²) in [6.07, 6.45) is 76.6. The van der Waals surface area contributed by atoms with Gasteiger partial charge in [-0.3, -0.25) is 14.4 Å². The molecule has 0 aromatic heterocycles. The van der Waals surface area contributed by atoms with E-state index in [1.165, 1.54) is 38.5 Å². The van der Waals surface area contributed by atoms with Gasteiger partial charge in [-0.2, -0.15) is 0 Å². The average molecular weight is 907 g/mol. The number of carbonyl (C=O) groups is 3. The van der Waals surface area contributed by atoms with Crippen molar-refractivity contribution in [2.24, 2.45) is 0 Å². The van der Waals surface area contributed by atoms with Gasteiger partial charge in [0.1, 0.15) is 13.2 Å². The van der Waals surface area contributed by atoms with Gasteiger partial charge >= 0.3 is 17.9 Å². The van der Waals surface area contributed by atoms with Crippen LogP contribution in [0.5, 0.6) is 0 Å². The third-order valence-corrected chi connectivity index (χ3v) is 9.96. The van der Waals surface area contributed by atoms with Crippen LogP contribution in [-0.2, 0) is 28.6 Å². The number of rotatable bonds is 43. The molecule has 0 aliphatic heterocycles. The van der Waals surface area contributed by atoms with E-state index in [0.717, 1.165) is 83.5 Å². The topological polar surface area (TPSA) is 78.9 Å². The van der Waals surface area contributed by atoms with E-state index in [1.54, 1.807) is 0 Å². The smallest absolute Gasteiger partial charge is 0.306 e. The molecule has 1 atom stereocenters. The van der Waals surface area contributed by atoms with Crippen molar-refractivity contribution in [3.8, 4) is 0 Å². The van der Waals surface area contributed by atoms with Gasteiger partial charge in [0.2, 0.25) is 0 Å². The fourth-order valence-electron chi connectivity index (χ4n) is 6.17. The molecule has 0 heterocycles. The van der Waals surface area contributed by atoms with Crippen LogP contribution in [0, 0.1) is 0 Å². The molecule has 1 unspecified atom stereocenters. The minimum Gasteiger partial charge on any atom is -0.462 e. The maximum atomic E-state index is 12.8. The molecule has 6 nitrogen and oxygen atoms in total. The van der Waals surface area contributed by atoms with E-state index in [2.05, 4.69) is 99.8 Å². The molecule has 0 radical (unpaired) electrons. The lowest BCUT2D eigenvalue weighted by atomic mass is 10.1. The molecule has 6 heteroatoms. The van der Waals surface area contributed by atoms with Crippen LogP contribution in [0.4, 0.5) is 0 Å². The van der Waals surface area contributed by atoms with Crippen LogP contribution in [0.15, 0.2) is 158 Å². The highest BCUT2D eigenvalue weighted by molar-refractivity contribution is 5.71. The zero-order valence-corrected chi connectivity index (χ0v) is 41.6. The Kier molecular flexibility index (Phi) is 48.7. The molecular formula is C60H90O6. The number of allylic oxidation sites excluding steroid dienone is 26. The van der Waals surface area contributed by atoms with Crippen molar-refractivity contribution in [1.82, 2.24) is 0 Å². The zero-order valence-electron chi connectivity index (χ0n) is 41.6. The van der Waals surface area contributed by atoms with Crippen molar-refractivity contribution >= 4 is 17.9 Å². The van der Waals surface area contributed by atoms with E-state index in [0.29, 0.717) is 19.3 Å². The lowest BCUT2D eigenvalue weighted by Crippen LogP contribution is -2.30. The summed E-state index contributed by atoms with van der Waals surface area (Å²) >= 11 is 0. The van der Waals surface area contributed by atoms with Gasteiger partial charge in [-0.15, -0.1) is 0 Å². The first kappa shape index (κ1) is 61.0. The largest absolute Gasteiger partial charge is 0.462 e. The molecular weight excluding hydrogens is 817 g/mol. The standard InChI is InChI=1S/C60H90O6/c1-4-7-10-13-16-19-22-25-27-29-30-31-33-35-38-41-44-47-50-53-59(62)65-56-57(55-64-58(61)52-49-46-43-40-37-34-24-21-18-15-12-9-6-3)66-60(63)54-51-48-45-42-39-36-32-28-26-23-20-17-14-11-8-5-2/h7-8,10-11,13,16-17,19-20,22,25-31,33-39,43,46,57H,4-6,9,12,14-15,18,21,23-24,32,40-42,44-45,47-56H2,1-3H3/b10-7+,11-8+,16-13+,20-17+,22-19+,27-25+,28-26+,30-29+,33-31+,37-34+,38-35+,39-36+,46-43+. The first-order valence-electron chi connectivity index (χ1n) is 25.6. The van der Waals surface area contributed by atoms with Gasteiger partial charge < -0.3 is 14.2 Å². The summed E-state index contributed by atoms with van der Waals surface area (Å²) in [6.45, 7) is 6.22. The summed E-state index contributed by atoms with van der Waals surface area (Å²) < 4.78 is 16.7. The number of esters is 3. The SMILES string of the molecule is CC/C=C/C=C/C=C/C=C/C=C/C=C/C=C/CCCCCC(=O)OCC(COC(=O)CC/C=C/C/C=C/CCCCCCCC)OC(=O)CCCCC/C=C/C/C=C/C/C=C/C/C=C/CC. The van der Waals surface area contributed by atoms with Gasteiger partial charge in [0.05, 0.1) is 0 Å². The molecule has 366 valence electrons. The summed E-state index contributed by atoms with van der Waals surface area (Å²) in [5.41, 5.74) is 0. The van der Waals surface area contributed by atoms with E-state index in [-0.39, 0.29) is 50.4 Å². The van der Waals surface area contributed by atoms with Crippen LogP contribution < -0.4 is 0 Å². The number of hydrogen-bond acceptors (Lipinski definition) is 6. The molecule has 0 aromatic rings. The Labute approximate surface area is 403 Å². The third-order valence-electron chi connectivity index (χ3n) is 9.96. The van der Waals surface area contributed by atoms with E-state index in [1.807, 2.05) is 79.0 Å². The van der Waals surface area contributed by atoms with Crippen molar-refractivity contribution in [3.05, 3.63) is 158 Å². The lowest BCUT2D eigenvalue weighted by Gasteiger charge is -2.18. The second-order valence-electron chi connectivity index (χ2n) is 16.1. The van der Waals surface area contributed by atoms with Gasteiger partial charge in [0.15, 0.2) is 6.10 Å². The van der Waals surface area contributed by atoms with E-state index in [4.69, 9.17) is 14.2 Å². The van der Waals surface area contributed by atoms with Gasteiger partial charge in [-0.25, -0.2) is 0 Å². The number of unbranched alkanes of at least 4 members (excludes halogenated alkanes) is 12. The van der Waals surface area contributed by atoms with Crippen LogP contribution >= 0.6 is 0 Å². The monoisotopic (exact) mass is 907 g/mol. The Morgan fingerprint density at radius 2 is 0.697 bits per heavy atom. The summed E-state index contributed by atoms with van der Waals surface area (Å²) in [6, 6.07) is 0. The third kappa shape index (κ3) is 50.0. The molecule has 0 spiro atoms. The maximum absolute atomic E-state index is 12.8. The van der Waals surface area contributed by atoms with Crippen LogP contribution in [-0.4, -0.2) is 37.2 Å². The molecule has 0 saturated carbocycles. The van der Waals surface area contributed by atoms with Gasteiger partial charge in [-0.05, 0) is 96.3 Å². The predicted molar refractivity (Wildman–Crippen MR) is 283 cm³/mol. The molecule has 0 rings (SSSR count). The molecule has 0 N–H and O–H groups in total. The summed E-state index contributed by atoms with van der Waals surface area (Å²) in [7, 11) is 0. The molecule has 0 amide bonds. The highest BCUT2D eigenvalue weighted by Crippen LogP contribution is 2.11. The fraction of sp³-hybridized carbons (Fsp3) is 0.517. The maximum Gasteiger partial charge on any atom is 0.306 e. The Morgan fingerprint density at radius 1 is 0.333 bits per heavy atom. The molecule has 0 fully saturated rings. The van der Waals surface area contributed by atoms with Crippen LogP contribution in [0.25, 0.3) is 0 Å². The quantitative estimate of drug-likeness (QED) is 0.0199. The van der Waals surface area contributed by atoms with E-state index < -0.39 is 6.10 Å². The Bertz CT molecular complexity index is 1560. The number of hydrogen-bond donors (Lipinski definition) is 0. The first-order chi connectivity index (χ1) is 32.5. The summed E-state index contributed by atoms with van der Waals surface area (Å²) in [5, 5.41) is 0. The predicted octanol–water partition coefficient (Wildman–Crippen LogP) is 17.0. The van der Waals surface area contributed by atoms with Crippen molar-refractivity contribution in [3.63, 3.8) is 0 Å². The Morgan fingerprint density at radius 3 is 1.20 bits per heavy atom.